The minimum Gasteiger partial charge on any atom is -0.479 e. The van der Waals surface area contributed by atoms with E-state index in [-0.39, 0.29) is 13.0 Å². The van der Waals surface area contributed by atoms with E-state index in [2.05, 4.69) is 21.2 Å². The minimum atomic E-state index is -1.36. The van der Waals surface area contributed by atoms with Crippen molar-refractivity contribution in [1.82, 2.24) is 5.32 Å². The lowest BCUT2D eigenvalue weighted by Crippen LogP contribution is -2.55. The van der Waals surface area contributed by atoms with Crippen LogP contribution in [-0.4, -0.2) is 35.7 Å². The van der Waals surface area contributed by atoms with Gasteiger partial charge < -0.3 is 20.9 Å². The quantitative estimate of drug-likeness (QED) is 0.718. The van der Waals surface area contributed by atoms with Crippen molar-refractivity contribution in [3.05, 3.63) is 28.2 Å². The number of carbonyl (C=O) groups is 2. The van der Waals surface area contributed by atoms with E-state index in [0.29, 0.717) is 22.3 Å². The number of nitrogens with one attached hydrogen (secondary N) is 1. The van der Waals surface area contributed by atoms with Crippen LogP contribution < -0.4 is 11.1 Å². The Balaban J connectivity index is 2.25. The molecule has 0 aromatic heterocycles. The Bertz CT molecular complexity index is 526. The number of nitrogen functional groups attached to an aromatic ring is 1. The number of carboxylic acid groups (broad SMARTS) is 1. The molecule has 1 heterocycles. The van der Waals surface area contributed by atoms with Crippen LogP contribution in [0.1, 0.15) is 16.8 Å². The number of aliphatic carboxylic acids is 1. The molecule has 0 radical (unpaired) electrons. The fraction of sp³-hybridized carbons (Fsp3) is 0.333. The smallest absolute Gasteiger partial charge is 0.331 e. The number of amides is 1. The fourth-order valence-electron chi connectivity index (χ4n) is 1.89. The van der Waals surface area contributed by atoms with Crippen LogP contribution in [0.15, 0.2) is 22.7 Å². The Kier molecular flexibility index (Phi) is 3.77. The van der Waals surface area contributed by atoms with Crippen LogP contribution in [0, 0.1) is 0 Å². The third kappa shape index (κ3) is 2.71. The maximum absolute atomic E-state index is 12.2. The zero-order chi connectivity index (χ0) is 14.0. The molecule has 0 aliphatic carbocycles. The molecule has 1 aliphatic heterocycles. The molecule has 1 atom stereocenters. The molecule has 1 unspecified atom stereocenters. The molecule has 6 nitrogen and oxygen atoms in total. The molecule has 0 bridgehead atoms. The van der Waals surface area contributed by atoms with E-state index in [1.165, 1.54) is 6.07 Å². The van der Waals surface area contributed by atoms with Crippen LogP contribution in [0.4, 0.5) is 5.69 Å². The summed E-state index contributed by atoms with van der Waals surface area (Å²) >= 11 is 3.24. The number of ether oxygens (including phenoxy) is 1. The molecule has 2 rings (SSSR count). The molecule has 1 fully saturated rings. The summed E-state index contributed by atoms with van der Waals surface area (Å²) in [6.45, 7) is 0.276. The van der Waals surface area contributed by atoms with E-state index in [1.807, 2.05) is 0 Å². The first-order valence-corrected chi connectivity index (χ1v) is 6.43. The van der Waals surface area contributed by atoms with Crippen molar-refractivity contribution in [2.45, 2.75) is 12.0 Å². The standard InChI is InChI=1S/C12H13BrN2O4/c13-9-2-1-7(14)5-8(9)10(16)15-12(11(17)18)3-4-19-6-12/h1-2,5H,3-4,6,14H2,(H,15,16)(H,17,18). The average Bonchev–Trinajstić information content (AvgIpc) is 2.82. The lowest BCUT2D eigenvalue weighted by atomic mass is 9.98. The first kappa shape index (κ1) is 13.8. The van der Waals surface area contributed by atoms with Gasteiger partial charge in [0.15, 0.2) is 5.54 Å². The van der Waals surface area contributed by atoms with Gasteiger partial charge in [-0.1, -0.05) is 0 Å². The number of carboxylic acids is 1. The highest BCUT2D eigenvalue weighted by Gasteiger charge is 2.44. The first-order chi connectivity index (χ1) is 8.94. The number of rotatable bonds is 3. The number of nitrogens with two attached hydrogens (primary N) is 1. The molecule has 19 heavy (non-hydrogen) atoms. The van der Waals surface area contributed by atoms with E-state index in [4.69, 9.17) is 10.5 Å². The van der Waals surface area contributed by atoms with Gasteiger partial charge in [-0.15, -0.1) is 0 Å². The third-order valence-corrected chi connectivity index (χ3v) is 3.71. The Morgan fingerprint density at radius 1 is 1.47 bits per heavy atom. The highest BCUT2D eigenvalue weighted by Crippen LogP contribution is 2.23. The predicted molar refractivity (Wildman–Crippen MR) is 71.8 cm³/mol. The summed E-state index contributed by atoms with van der Waals surface area (Å²) in [7, 11) is 0. The highest BCUT2D eigenvalue weighted by atomic mass is 79.9. The summed E-state index contributed by atoms with van der Waals surface area (Å²) < 4.78 is 5.63. The zero-order valence-electron chi connectivity index (χ0n) is 9.98. The van der Waals surface area contributed by atoms with Gasteiger partial charge in [0.25, 0.3) is 5.91 Å². The van der Waals surface area contributed by atoms with Gasteiger partial charge in [-0.3, -0.25) is 4.79 Å². The van der Waals surface area contributed by atoms with Crippen molar-refractivity contribution in [2.75, 3.05) is 18.9 Å². The molecular weight excluding hydrogens is 316 g/mol. The molecule has 7 heteroatoms. The number of carbonyl (C=O) groups excluding carboxylic acids is 1. The number of anilines is 1. The molecule has 102 valence electrons. The van der Waals surface area contributed by atoms with E-state index in [9.17, 15) is 14.7 Å². The van der Waals surface area contributed by atoms with Crippen molar-refractivity contribution >= 4 is 33.5 Å². The summed E-state index contributed by atoms with van der Waals surface area (Å²) in [4.78, 5) is 23.5. The van der Waals surface area contributed by atoms with E-state index in [0.717, 1.165) is 0 Å². The molecule has 0 saturated carbocycles. The largest absolute Gasteiger partial charge is 0.479 e. The van der Waals surface area contributed by atoms with Crippen molar-refractivity contribution in [2.24, 2.45) is 0 Å². The number of benzene rings is 1. The molecule has 0 spiro atoms. The summed E-state index contributed by atoms with van der Waals surface area (Å²) in [5.41, 5.74) is 4.99. The van der Waals surface area contributed by atoms with Crippen molar-refractivity contribution in [3.8, 4) is 0 Å². The fourth-order valence-corrected chi connectivity index (χ4v) is 2.31. The van der Waals surface area contributed by atoms with Crippen molar-refractivity contribution < 1.29 is 19.4 Å². The Morgan fingerprint density at radius 3 is 2.79 bits per heavy atom. The lowest BCUT2D eigenvalue weighted by Gasteiger charge is -2.24. The monoisotopic (exact) mass is 328 g/mol. The van der Waals surface area contributed by atoms with E-state index in [1.54, 1.807) is 12.1 Å². The predicted octanol–water partition coefficient (Wildman–Crippen LogP) is 1.00. The van der Waals surface area contributed by atoms with Gasteiger partial charge in [0.2, 0.25) is 0 Å². The molecule has 1 aromatic carbocycles. The Hall–Kier alpha value is -1.60. The van der Waals surface area contributed by atoms with E-state index >= 15 is 0 Å². The van der Waals surface area contributed by atoms with Crippen LogP contribution in [0.3, 0.4) is 0 Å². The van der Waals surface area contributed by atoms with Crippen molar-refractivity contribution in [3.63, 3.8) is 0 Å². The van der Waals surface area contributed by atoms with Crippen LogP contribution in [0.2, 0.25) is 0 Å². The van der Waals surface area contributed by atoms with Crippen LogP contribution >= 0.6 is 15.9 Å². The summed E-state index contributed by atoms with van der Waals surface area (Å²) in [6, 6.07) is 4.78. The van der Waals surface area contributed by atoms with Gasteiger partial charge in [0.05, 0.1) is 12.2 Å². The molecular formula is C12H13BrN2O4. The molecule has 1 amide bonds. The van der Waals surface area contributed by atoms with Gasteiger partial charge >= 0.3 is 5.97 Å². The average molecular weight is 329 g/mol. The minimum absolute atomic E-state index is 0.0337. The molecule has 1 aliphatic rings. The van der Waals surface area contributed by atoms with Crippen LogP contribution in [0.5, 0.6) is 0 Å². The summed E-state index contributed by atoms with van der Waals surface area (Å²) in [5, 5.41) is 11.8. The lowest BCUT2D eigenvalue weighted by molar-refractivity contribution is -0.144. The van der Waals surface area contributed by atoms with Gasteiger partial charge in [-0.2, -0.15) is 0 Å². The first-order valence-electron chi connectivity index (χ1n) is 5.63. The Morgan fingerprint density at radius 2 is 2.21 bits per heavy atom. The number of hydrogen-bond acceptors (Lipinski definition) is 4. The topological polar surface area (TPSA) is 102 Å². The van der Waals surface area contributed by atoms with Gasteiger partial charge in [-0.05, 0) is 34.1 Å². The maximum atomic E-state index is 12.2. The van der Waals surface area contributed by atoms with Gasteiger partial charge in [0, 0.05) is 23.2 Å². The highest BCUT2D eigenvalue weighted by molar-refractivity contribution is 9.10. The second-order valence-corrected chi connectivity index (χ2v) is 5.24. The molecule has 4 N–H and O–H groups in total. The Labute approximate surface area is 118 Å². The number of halogens is 1. The summed E-state index contributed by atoms with van der Waals surface area (Å²) in [5.74, 6) is -1.59. The van der Waals surface area contributed by atoms with Crippen LogP contribution in [-0.2, 0) is 9.53 Å². The van der Waals surface area contributed by atoms with Gasteiger partial charge in [0.1, 0.15) is 0 Å². The third-order valence-electron chi connectivity index (χ3n) is 3.02. The molecule has 1 aromatic rings. The number of hydrogen-bond donors (Lipinski definition) is 3. The summed E-state index contributed by atoms with van der Waals surface area (Å²) in [6.07, 6.45) is 0.244. The maximum Gasteiger partial charge on any atom is 0.331 e. The van der Waals surface area contributed by atoms with E-state index < -0.39 is 17.4 Å². The second kappa shape index (κ2) is 5.18. The van der Waals surface area contributed by atoms with Gasteiger partial charge in [-0.25, -0.2) is 4.79 Å². The zero-order valence-corrected chi connectivity index (χ0v) is 11.6. The molecule has 1 saturated heterocycles. The van der Waals surface area contributed by atoms with Crippen molar-refractivity contribution in [1.29, 1.82) is 0 Å². The SMILES string of the molecule is Nc1ccc(Br)c(C(=O)NC2(C(=O)O)CCOC2)c1. The normalized spacial score (nSPS) is 22.2. The van der Waals surface area contributed by atoms with Crippen LogP contribution in [0.25, 0.3) is 0 Å². The second-order valence-electron chi connectivity index (χ2n) is 4.38.